The molecule has 1 aliphatic heterocycles. The van der Waals surface area contributed by atoms with Crippen molar-refractivity contribution in [3.05, 3.63) is 95.3 Å². The Morgan fingerprint density at radius 1 is 0.906 bits per heavy atom. The van der Waals surface area contributed by atoms with E-state index in [4.69, 9.17) is 0 Å². The summed E-state index contributed by atoms with van der Waals surface area (Å²) in [6, 6.07) is 17.1. The van der Waals surface area contributed by atoms with Gasteiger partial charge in [-0.1, -0.05) is 24.3 Å². The predicted octanol–water partition coefficient (Wildman–Crippen LogP) is 2.64. The first kappa shape index (κ1) is 20.9. The van der Waals surface area contributed by atoms with E-state index >= 15 is 0 Å². The molecule has 0 spiro atoms. The molecule has 8 nitrogen and oxygen atoms in total. The van der Waals surface area contributed by atoms with Gasteiger partial charge in [-0.25, -0.2) is 0 Å². The fraction of sp³-hybridized carbons (Fsp3) is 0.125. The van der Waals surface area contributed by atoms with Crippen molar-refractivity contribution in [2.24, 2.45) is 0 Å². The van der Waals surface area contributed by atoms with E-state index in [0.717, 1.165) is 10.5 Å². The van der Waals surface area contributed by atoms with Gasteiger partial charge in [0, 0.05) is 37.6 Å². The Morgan fingerprint density at radius 2 is 1.66 bits per heavy atom. The standard InChI is InChI=1S/C24H20N4O4/c29-21(10-12-28-23(31)19-8-1-2-9-20(19)24(28)32)26-14-16-5-3-7-18(13-16)27-22(30)17-6-4-11-25-15-17/h1-9,11,13,15H,10,12,14H2,(H,26,29)(H,27,30). The Balaban J connectivity index is 1.28. The summed E-state index contributed by atoms with van der Waals surface area (Å²) >= 11 is 0. The number of nitrogens with one attached hydrogen (secondary N) is 2. The van der Waals surface area contributed by atoms with Crippen molar-refractivity contribution >= 4 is 29.3 Å². The third-order valence-corrected chi connectivity index (χ3v) is 5.04. The highest BCUT2D eigenvalue weighted by Gasteiger charge is 2.34. The number of amides is 4. The molecule has 0 aliphatic carbocycles. The molecule has 0 radical (unpaired) electrons. The highest BCUT2D eigenvalue weighted by Crippen LogP contribution is 2.22. The number of nitrogens with zero attached hydrogens (tertiary/aromatic N) is 2. The zero-order chi connectivity index (χ0) is 22.5. The van der Waals surface area contributed by atoms with Crippen molar-refractivity contribution in [3.8, 4) is 0 Å². The summed E-state index contributed by atoms with van der Waals surface area (Å²) < 4.78 is 0. The number of benzene rings is 2. The van der Waals surface area contributed by atoms with Crippen LogP contribution in [0.15, 0.2) is 73.1 Å². The van der Waals surface area contributed by atoms with Crippen LogP contribution in [-0.4, -0.2) is 40.1 Å². The van der Waals surface area contributed by atoms with Gasteiger partial charge in [0.25, 0.3) is 17.7 Å². The van der Waals surface area contributed by atoms with Crippen LogP contribution in [0, 0.1) is 0 Å². The molecule has 0 fully saturated rings. The van der Waals surface area contributed by atoms with Gasteiger partial charge in [-0.15, -0.1) is 0 Å². The van der Waals surface area contributed by atoms with Crippen LogP contribution in [-0.2, 0) is 11.3 Å². The van der Waals surface area contributed by atoms with Gasteiger partial charge in [0.1, 0.15) is 0 Å². The average molecular weight is 428 g/mol. The number of hydrogen-bond acceptors (Lipinski definition) is 5. The highest BCUT2D eigenvalue weighted by molar-refractivity contribution is 6.21. The molecule has 160 valence electrons. The Morgan fingerprint density at radius 3 is 2.34 bits per heavy atom. The van der Waals surface area contributed by atoms with Crippen LogP contribution in [0.2, 0.25) is 0 Å². The number of pyridine rings is 1. The zero-order valence-electron chi connectivity index (χ0n) is 17.1. The van der Waals surface area contributed by atoms with Crippen molar-refractivity contribution in [1.29, 1.82) is 0 Å². The average Bonchev–Trinajstić information content (AvgIpc) is 3.07. The van der Waals surface area contributed by atoms with Gasteiger partial charge in [-0.3, -0.25) is 29.1 Å². The number of fused-ring (bicyclic) bond motifs is 1. The van der Waals surface area contributed by atoms with Gasteiger partial charge in [-0.05, 0) is 42.0 Å². The summed E-state index contributed by atoms with van der Waals surface area (Å²) in [5.41, 5.74) is 2.56. The van der Waals surface area contributed by atoms with E-state index < -0.39 is 0 Å². The summed E-state index contributed by atoms with van der Waals surface area (Å²) in [7, 11) is 0. The molecule has 8 heteroatoms. The van der Waals surface area contributed by atoms with Gasteiger partial charge in [0.15, 0.2) is 0 Å². The SMILES string of the molecule is O=C(CCN1C(=O)c2ccccc2C1=O)NCc1cccc(NC(=O)c2cccnc2)c1. The van der Waals surface area contributed by atoms with E-state index in [0.29, 0.717) is 22.4 Å². The fourth-order valence-corrected chi connectivity index (χ4v) is 3.40. The number of carbonyl (C=O) groups excluding carboxylic acids is 4. The lowest BCUT2D eigenvalue weighted by Gasteiger charge is -2.13. The van der Waals surface area contributed by atoms with Crippen molar-refractivity contribution in [3.63, 3.8) is 0 Å². The minimum Gasteiger partial charge on any atom is -0.352 e. The molecule has 0 saturated heterocycles. The van der Waals surface area contributed by atoms with E-state index in [1.165, 1.54) is 6.20 Å². The minimum absolute atomic E-state index is 0.00288. The van der Waals surface area contributed by atoms with E-state index in [9.17, 15) is 19.2 Å². The second kappa shape index (κ2) is 9.22. The van der Waals surface area contributed by atoms with Crippen LogP contribution in [0.25, 0.3) is 0 Å². The Bertz CT molecular complexity index is 1160. The van der Waals surface area contributed by atoms with Crippen LogP contribution < -0.4 is 10.6 Å². The largest absolute Gasteiger partial charge is 0.352 e. The molecule has 0 saturated carbocycles. The van der Waals surface area contributed by atoms with E-state index in [2.05, 4.69) is 15.6 Å². The second-order valence-electron chi connectivity index (χ2n) is 7.23. The smallest absolute Gasteiger partial charge is 0.261 e. The Hall–Kier alpha value is -4.33. The highest BCUT2D eigenvalue weighted by atomic mass is 16.2. The van der Waals surface area contributed by atoms with Gasteiger partial charge >= 0.3 is 0 Å². The third kappa shape index (κ3) is 4.54. The maximum absolute atomic E-state index is 12.4. The molecular formula is C24H20N4O4. The van der Waals surface area contributed by atoms with Crippen LogP contribution >= 0.6 is 0 Å². The van der Waals surface area contributed by atoms with Crippen molar-refractivity contribution in [2.45, 2.75) is 13.0 Å². The molecular weight excluding hydrogens is 408 g/mol. The summed E-state index contributed by atoms with van der Waals surface area (Å²) in [4.78, 5) is 54.3. The normalized spacial score (nSPS) is 12.4. The Labute approximate surface area is 184 Å². The molecule has 3 aromatic rings. The van der Waals surface area contributed by atoms with Crippen LogP contribution in [0.5, 0.6) is 0 Å². The summed E-state index contributed by atoms with van der Waals surface area (Å²) in [6.07, 6.45) is 3.07. The number of carbonyl (C=O) groups is 4. The van der Waals surface area contributed by atoms with Crippen molar-refractivity contribution < 1.29 is 19.2 Å². The topological polar surface area (TPSA) is 108 Å². The van der Waals surface area contributed by atoms with Gasteiger partial charge in [0.2, 0.25) is 5.91 Å². The molecule has 4 amide bonds. The molecule has 1 aromatic heterocycles. The van der Waals surface area contributed by atoms with Crippen molar-refractivity contribution in [1.82, 2.24) is 15.2 Å². The molecule has 1 aliphatic rings. The van der Waals surface area contributed by atoms with E-state index in [-0.39, 0.29) is 43.1 Å². The number of aromatic nitrogens is 1. The lowest BCUT2D eigenvalue weighted by atomic mass is 10.1. The molecule has 2 N–H and O–H groups in total. The van der Waals surface area contributed by atoms with Gasteiger partial charge in [-0.2, -0.15) is 0 Å². The fourth-order valence-electron chi connectivity index (χ4n) is 3.40. The maximum atomic E-state index is 12.4. The number of imide groups is 1. The number of rotatable bonds is 7. The van der Waals surface area contributed by atoms with Crippen LogP contribution in [0.3, 0.4) is 0 Å². The zero-order valence-corrected chi connectivity index (χ0v) is 17.1. The van der Waals surface area contributed by atoms with Crippen LogP contribution in [0.1, 0.15) is 43.1 Å². The molecule has 32 heavy (non-hydrogen) atoms. The van der Waals surface area contributed by atoms with E-state index in [1.807, 2.05) is 6.07 Å². The molecule has 0 atom stereocenters. The van der Waals surface area contributed by atoms with Crippen molar-refractivity contribution in [2.75, 3.05) is 11.9 Å². The molecule has 2 aromatic carbocycles. The quantitative estimate of drug-likeness (QED) is 0.563. The molecule has 0 unspecified atom stereocenters. The monoisotopic (exact) mass is 428 g/mol. The van der Waals surface area contributed by atoms with Crippen LogP contribution in [0.4, 0.5) is 5.69 Å². The summed E-state index contributed by atoms with van der Waals surface area (Å²) in [5.74, 6) is -1.32. The van der Waals surface area contributed by atoms with Gasteiger partial charge in [0.05, 0.1) is 16.7 Å². The first-order valence-corrected chi connectivity index (χ1v) is 10.0. The number of anilines is 1. The molecule has 2 heterocycles. The molecule has 0 bridgehead atoms. The summed E-state index contributed by atoms with van der Waals surface area (Å²) in [6.45, 7) is 0.261. The lowest BCUT2D eigenvalue weighted by molar-refractivity contribution is -0.121. The van der Waals surface area contributed by atoms with E-state index in [1.54, 1.807) is 60.8 Å². The minimum atomic E-state index is -0.379. The summed E-state index contributed by atoms with van der Waals surface area (Å²) in [5, 5.41) is 5.57. The lowest BCUT2D eigenvalue weighted by Crippen LogP contribution is -2.34. The number of hydrogen-bond donors (Lipinski definition) is 2. The second-order valence-corrected chi connectivity index (χ2v) is 7.23. The van der Waals surface area contributed by atoms with Gasteiger partial charge < -0.3 is 10.6 Å². The molecule has 4 rings (SSSR count). The first-order valence-electron chi connectivity index (χ1n) is 10.0. The predicted molar refractivity (Wildman–Crippen MR) is 117 cm³/mol. The maximum Gasteiger partial charge on any atom is 0.261 e. The third-order valence-electron chi connectivity index (χ3n) is 5.04. The Kier molecular flexibility index (Phi) is 6.03. The first-order chi connectivity index (χ1) is 15.5.